The molecule has 2 rings (SSSR count). The second kappa shape index (κ2) is 10.1. The van der Waals surface area contributed by atoms with Gasteiger partial charge in [0, 0.05) is 17.9 Å². The number of benzene rings is 1. The normalized spacial score (nSPS) is 11.7. The van der Waals surface area contributed by atoms with Gasteiger partial charge in [-0.1, -0.05) is 18.7 Å². The minimum absolute atomic E-state index is 0.0311. The molecule has 148 valence electrons. The SMILES string of the molecule is C=C/C=C\C(F)=C\NCN(c1nc(Nc2ccc(F)cc2)ncc1N)C(C)C. The topological polar surface area (TPSA) is 79.1 Å². The van der Waals surface area contributed by atoms with Gasteiger partial charge in [-0.05, 0) is 44.2 Å². The van der Waals surface area contributed by atoms with Crippen molar-refractivity contribution >= 4 is 23.1 Å². The van der Waals surface area contributed by atoms with Gasteiger partial charge in [-0.25, -0.2) is 13.8 Å². The Morgan fingerprint density at radius 3 is 2.68 bits per heavy atom. The van der Waals surface area contributed by atoms with Crippen LogP contribution in [0.5, 0.6) is 0 Å². The predicted molar refractivity (Wildman–Crippen MR) is 110 cm³/mol. The second-order valence-corrected chi connectivity index (χ2v) is 6.15. The Morgan fingerprint density at radius 1 is 1.32 bits per heavy atom. The van der Waals surface area contributed by atoms with E-state index in [1.54, 1.807) is 12.1 Å². The molecule has 1 aromatic carbocycles. The largest absolute Gasteiger partial charge is 0.394 e. The summed E-state index contributed by atoms with van der Waals surface area (Å²) in [7, 11) is 0. The number of halogens is 2. The Kier molecular flexibility index (Phi) is 7.50. The minimum Gasteiger partial charge on any atom is -0.394 e. The van der Waals surface area contributed by atoms with Crippen LogP contribution < -0.4 is 21.3 Å². The molecule has 0 spiro atoms. The van der Waals surface area contributed by atoms with Crippen LogP contribution in [0.15, 0.2) is 67.3 Å². The zero-order chi connectivity index (χ0) is 20.5. The molecule has 0 bridgehead atoms. The minimum atomic E-state index is -0.432. The zero-order valence-corrected chi connectivity index (χ0v) is 15.9. The van der Waals surface area contributed by atoms with E-state index in [1.807, 2.05) is 18.7 Å². The number of nitrogen functional groups attached to an aromatic ring is 1. The Morgan fingerprint density at radius 2 is 2.04 bits per heavy atom. The summed E-state index contributed by atoms with van der Waals surface area (Å²) in [6.45, 7) is 7.71. The highest BCUT2D eigenvalue weighted by Gasteiger charge is 2.16. The summed E-state index contributed by atoms with van der Waals surface area (Å²) in [6, 6.07) is 5.88. The first-order valence-electron chi connectivity index (χ1n) is 8.70. The van der Waals surface area contributed by atoms with Gasteiger partial charge in [-0.2, -0.15) is 4.98 Å². The standard InChI is InChI=1S/C20H24F2N6/c1-4-5-6-16(22)11-24-13-28(14(2)3)19-18(23)12-25-20(27-19)26-17-9-7-15(21)8-10-17/h4-12,14,24H,1,13,23H2,2-3H3,(H,25,26,27)/b6-5-,16-11-. The van der Waals surface area contributed by atoms with Crippen LogP contribution in [-0.4, -0.2) is 22.7 Å². The number of aromatic nitrogens is 2. The van der Waals surface area contributed by atoms with Crippen molar-refractivity contribution in [2.24, 2.45) is 0 Å². The molecule has 0 aliphatic carbocycles. The summed E-state index contributed by atoms with van der Waals surface area (Å²) in [4.78, 5) is 10.5. The van der Waals surface area contributed by atoms with Gasteiger partial charge >= 0.3 is 0 Å². The smallest absolute Gasteiger partial charge is 0.229 e. The summed E-state index contributed by atoms with van der Waals surface area (Å²) in [6.07, 6.45) is 7.04. The summed E-state index contributed by atoms with van der Waals surface area (Å²) in [5.41, 5.74) is 7.08. The fraction of sp³-hybridized carbons (Fsp3) is 0.200. The average Bonchev–Trinajstić information content (AvgIpc) is 2.67. The van der Waals surface area contributed by atoms with Crippen molar-refractivity contribution in [1.82, 2.24) is 15.3 Å². The van der Waals surface area contributed by atoms with Crippen LogP contribution in [0.1, 0.15) is 13.8 Å². The van der Waals surface area contributed by atoms with E-state index < -0.39 is 5.83 Å². The van der Waals surface area contributed by atoms with Crippen LogP contribution in [0.2, 0.25) is 0 Å². The van der Waals surface area contributed by atoms with Gasteiger partial charge in [-0.15, -0.1) is 0 Å². The monoisotopic (exact) mass is 386 g/mol. The molecule has 0 radical (unpaired) electrons. The van der Waals surface area contributed by atoms with Gasteiger partial charge in [0.1, 0.15) is 11.6 Å². The molecule has 2 aromatic rings. The van der Waals surface area contributed by atoms with Crippen molar-refractivity contribution in [3.8, 4) is 0 Å². The zero-order valence-electron chi connectivity index (χ0n) is 15.9. The molecule has 8 heteroatoms. The summed E-state index contributed by atoms with van der Waals surface area (Å²) < 4.78 is 26.7. The molecule has 1 heterocycles. The van der Waals surface area contributed by atoms with Gasteiger partial charge in [-0.3, -0.25) is 0 Å². The van der Waals surface area contributed by atoms with Gasteiger partial charge in [0.15, 0.2) is 5.82 Å². The number of nitrogens with zero attached hydrogens (tertiary/aromatic N) is 3. The van der Waals surface area contributed by atoms with Crippen LogP contribution in [0, 0.1) is 5.82 Å². The van der Waals surface area contributed by atoms with Gasteiger partial charge < -0.3 is 21.3 Å². The summed E-state index contributed by atoms with van der Waals surface area (Å²) in [5.74, 6) is 0.0531. The van der Waals surface area contributed by atoms with E-state index in [0.29, 0.717) is 23.1 Å². The molecular weight excluding hydrogens is 362 g/mol. The lowest BCUT2D eigenvalue weighted by Gasteiger charge is -2.28. The number of rotatable bonds is 9. The maximum atomic E-state index is 13.6. The molecule has 0 unspecified atom stereocenters. The maximum Gasteiger partial charge on any atom is 0.229 e. The quantitative estimate of drug-likeness (QED) is 0.442. The molecule has 0 atom stereocenters. The number of hydrogen-bond donors (Lipinski definition) is 3. The maximum absolute atomic E-state index is 13.6. The first-order valence-corrected chi connectivity index (χ1v) is 8.70. The van der Waals surface area contributed by atoms with Crippen molar-refractivity contribution in [3.63, 3.8) is 0 Å². The van der Waals surface area contributed by atoms with Crippen LogP contribution >= 0.6 is 0 Å². The van der Waals surface area contributed by atoms with Crippen molar-refractivity contribution in [2.75, 3.05) is 22.6 Å². The molecule has 28 heavy (non-hydrogen) atoms. The van der Waals surface area contributed by atoms with E-state index in [4.69, 9.17) is 5.73 Å². The highest BCUT2D eigenvalue weighted by molar-refractivity contribution is 5.65. The third-order valence-electron chi connectivity index (χ3n) is 3.68. The molecular formula is C20H24F2N6. The Hall–Kier alpha value is -3.42. The molecule has 0 fully saturated rings. The molecule has 0 aliphatic rings. The lowest BCUT2D eigenvalue weighted by molar-refractivity contribution is 0.620. The molecule has 0 aliphatic heterocycles. The number of nitrogens with two attached hydrogens (primary N) is 1. The van der Waals surface area contributed by atoms with Gasteiger partial charge in [0.05, 0.1) is 18.6 Å². The molecule has 1 aromatic heterocycles. The van der Waals surface area contributed by atoms with E-state index in [1.165, 1.54) is 42.8 Å². The molecule has 6 nitrogen and oxygen atoms in total. The first-order chi connectivity index (χ1) is 13.4. The van der Waals surface area contributed by atoms with E-state index in [9.17, 15) is 8.78 Å². The van der Waals surface area contributed by atoms with Crippen LogP contribution in [-0.2, 0) is 0 Å². The van der Waals surface area contributed by atoms with Gasteiger partial charge in [0.2, 0.25) is 5.95 Å². The lowest BCUT2D eigenvalue weighted by atomic mass is 10.3. The number of anilines is 4. The summed E-state index contributed by atoms with van der Waals surface area (Å²) >= 11 is 0. The third kappa shape index (κ3) is 6.08. The third-order valence-corrected chi connectivity index (χ3v) is 3.68. The van der Waals surface area contributed by atoms with Gasteiger partial charge in [0.25, 0.3) is 0 Å². The fourth-order valence-electron chi connectivity index (χ4n) is 2.29. The Bertz CT molecular complexity index is 846. The van der Waals surface area contributed by atoms with E-state index in [0.717, 1.165) is 0 Å². The Labute approximate surface area is 163 Å². The van der Waals surface area contributed by atoms with E-state index >= 15 is 0 Å². The molecule has 0 saturated carbocycles. The summed E-state index contributed by atoms with van der Waals surface area (Å²) in [5, 5.41) is 5.91. The number of hydrogen-bond acceptors (Lipinski definition) is 6. The number of allylic oxidation sites excluding steroid dienone is 4. The van der Waals surface area contributed by atoms with Crippen molar-refractivity contribution in [1.29, 1.82) is 0 Å². The van der Waals surface area contributed by atoms with Crippen molar-refractivity contribution in [2.45, 2.75) is 19.9 Å². The Balaban J connectivity index is 2.17. The second-order valence-electron chi connectivity index (χ2n) is 6.15. The van der Waals surface area contributed by atoms with Crippen LogP contribution in [0.3, 0.4) is 0 Å². The molecule has 0 amide bonds. The van der Waals surface area contributed by atoms with Crippen molar-refractivity contribution in [3.05, 3.63) is 73.1 Å². The fourth-order valence-corrected chi connectivity index (χ4v) is 2.29. The highest BCUT2D eigenvalue weighted by Crippen LogP contribution is 2.24. The molecule has 4 N–H and O–H groups in total. The lowest BCUT2D eigenvalue weighted by Crippen LogP contribution is -2.38. The predicted octanol–water partition coefficient (Wildman–Crippen LogP) is 4.26. The number of nitrogens with one attached hydrogen (secondary N) is 2. The first kappa shape index (κ1) is 20.9. The van der Waals surface area contributed by atoms with Crippen LogP contribution in [0.4, 0.5) is 31.9 Å². The van der Waals surface area contributed by atoms with Crippen LogP contribution in [0.25, 0.3) is 0 Å². The molecule has 0 saturated heterocycles. The van der Waals surface area contributed by atoms with E-state index in [-0.39, 0.29) is 18.5 Å². The van der Waals surface area contributed by atoms with E-state index in [2.05, 4.69) is 27.2 Å². The highest BCUT2D eigenvalue weighted by atomic mass is 19.1. The van der Waals surface area contributed by atoms with Crippen molar-refractivity contribution < 1.29 is 8.78 Å². The average molecular weight is 386 g/mol.